The Morgan fingerprint density at radius 2 is 1.84 bits per heavy atom. The van der Waals surface area contributed by atoms with Crippen molar-refractivity contribution >= 4 is 18.4 Å². The maximum atomic E-state index is 13.1. The lowest BCUT2D eigenvalue weighted by atomic mass is 9.69. The van der Waals surface area contributed by atoms with Gasteiger partial charge in [-0.3, -0.25) is 4.79 Å². The van der Waals surface area contributed by atoms with Gasteiger partial charge < -0.3 is 9.64 Å². The minimum Gasteiger partial charge on any atom is -0.425 e. The lowest BCUT2D eigenvalue weighted by molar-refractivity contribution is -0.137. The van der Waals surface area contributed by atoms with Gasteiger partial charge >= 0.3 is 5.97 Å². The monoisotopic (exact) mass is 357 g/mol. The van der Waals surface area contributed by atoms with Gasteiger partial charge in [0.1, 0.15) is 11.2 Å². The van der Waals surface area contributed by atoms with Gasteiger partial charge in [0, 0.05) is 12.1 Å². The van der Waals surface area contributed by atoms with E-state index in [0.717, 1.165) is 36.4 Å². The van der Waals surface area contributed by atoms with E-state index in [1.807, 2.05) is 36.4 Å². The van der Waals surface area contributed by atoms with Gasteiger partial charge in [-0.25, -0.2) is 0 Å². The topological polar surface area (TPSA) is 29.5 Å². The van der Waals surface area contributed by atoms with Crippen molar-refractivity contribution in [2.24, 2.45) is 5.92 Å². The van der Waals surface area contributed by atoms with Gasteiger partial charge in [-0.05, 0) is 50.4 Å². The van der Waals surface area contributed by atoms with E-state index >= 15 is 0 Å². The number of carbonyl (C=O) groups excluding carboxylic acids is 1. The van der Waals surface area contributed by atoms with Crippen LogP contribution in [0.2, 0.25) is 0 Å². The molecule has 0 spiro atoms. The van der Waals surface area contributed by atoms with Crippen molar-refractivity contribution < 1.29 is 9.53 Å². The van der Waals surface area contributed by atoms with E-state index < -0.39 is 5.41 Å². The van der Waals surface area contributed by atoms with E-state index in [2.05, 4.69) is 30.1 Å². The molecule has 0 aliphatic carbocycles. The smallest absolute Gasteiger partial charge is 0.326 e. The van der Waals surface area contributed by atoms with E-state index in [4.69, 9.17) is 4.74 Å². The third-order valence-corrected chi connectivity index (χ3v) is 5.48. The van der Waals surface area contributed by atoms with Crippen molar-refractivity contribution in [2.45, 2.75) is 24.7 Å². The standard InChI is InChI=1S/C21H23NO2.ClH/c1-22-13-7-8-16(15-22)14-21(17-9-3-2-4-10-17)18-11-5-6-12-19(18)24-20(21)23;/h2-6,9-12,16H,7-8,13-15H2,1H3;1H. The molecule has 0 aromatic heterocycles. The highest BCUT2D eigenvalue weighted by atomic mass is 35.5. The van der Waals surface area contributed by atoms with Crippen molar-refractivity contribution in [2.75, 3.05) is 20.1 Å². The first kappa shape index (κ1) is 18.0. The minimum absolute atomic E-state index is 0. The maximum absolute atomic E-state index is 13.1. The molecule has 1 fully saturated rings. The Labute approximate surface area is 155 Å². The molecule has 2 heterocycles. The molecule has 2 aliphatic heterocycles. The van der Waals surface area contributed by atoms with Crippen LogP contribution in [0.3, 0.4) is 0 Å². The van der Waals surface area contributed by atoms with E-state index in [1.165, 1.54) is 12.8 Å². The van der Waals surface area contributed by atoms with Crippen LogP contribution in [-0.4, -0.2) is 31.0 Å². The summed E-state index contributed by atoms with van der Waals surface area (Å²) in [5, 5.41) is 0. The summed E-state index contributed by atoms with van der Waals surface area (Å²) in [6.45, 7) is 2.19. The molecule has 0 saturated carbocycles. The second kappa shape index (κ2) is 7.19. The van der Waals surface area contributed by atoms with Crippen molar-refractivity contribution in [1.29, 1.82) is 0 Å². The van der Waals surface area contributed by atoms with Crippen LogP contribution in [0.4, 0.5) is 0 Å². The number of ether oxygens (including phenoxy) is 1. The molecule has 0 bridgehead atoms. The van der Waals surface area contributed by atoms with E-state index in [9.17, 15) is 4.79 Å². The minimum atomic E-state index is -0.666. The average molecular weight is 358 g/mol. The van der Waals surface area contributed by atoms with Crippen LogP contribution in [0.5, 0.6) is 5.75 Å². The fraction of sp³-hybridized carbons (Fsp3) is 0.381. The maximum Gasteiger partial charge on any atom is 0.326 e. The van der Waals surface area contributed by atoms with Crippen LogP contribution >= 0.6 is 12.4 Å². The molecule has 4 heteroatoms. The molecule has 4 rings (SSSR count). The van der Waals surface area contributed by atoms with Crippen molar-refractivity contribution in [3.8, 4) is 5.75 Å². The number of para-hydroxylation sites is 1. The highest BCUT2D eigenvalue weighted by Gasteiger charge is 2.51. The summed E-state index contributed by atoms with van der Waals surface area (Å²) < 4.78 is 5.69. The molecule has 1 saturated heterocycles. The average Bonchev–Trinajstić information content (AvgIpc) is 2.89. The SMILES string of the molecule is CN1CCCC(CC2(c3ccccc3)C(=O)Oc3ccccc32)C1.Cl. The van der Waals surface area contributed by atoms with Gasteiger partial charge in [0.15, 0.2) is 0 Å². The number of piperidine rings is 1. The summed E-state index contributed by atoms with van der Waals surface area (Å²) in [7, 11) is 2.17. The molecule has 2 aromatic carbocycles. The molecule has 132 valence electrons. The molecular formula is C21H24ClNO2. The summed E-state index contributed by atoms with van der Waals surface area (Å²) in [4.78, 5) is 15.4. The van der Waals surface area contributed by atoms with E-state index in [1.54, 1.807) is 0 Å². The first-order valence-corrected chi connectivity index (χ1v) is 8.76. The Morgan fingerprint density at radius 1 is 1.12 bits per heavy atom. The molecule has 2 aliphatic rings. The van der Waals surface area contributed by atoms with Crippen LogP contribution in [0.15, 0.2) is 54.6 Å². The van der Waals surface area contributed by atoms with Gasteiger partial charge in [0.05, 0.1) is 0 Å². The van der Waals surface area contributed by atoms with Crippen LogP contribution in [0.25, 0.3) is 0 Å². The number of hydrogen-bond donors (Lipinski definition) is 0. The second-order valence-electron chi connectivity index (χ2n) is 7.13. The zero-order chi connectivity index (χ0) is 16.6. The van der Waals surface area contributed by atoms with Gasteiger partial charge in [-0.2, -0.15) is 0 Å². The summed E-state index contributed by atoms with van der Waals surface area (Å²) in [6, 6.07) is 18.1. The zero-order valence-corrected chi connectivity index (χ0v) is 15.3. The van der Waals surface area contributed by atoms with Gasteiger partial charge in [0.25, 0.3) is 0 Å². The third kappa shape index (κ3) is 3.07. The Balaban J connectivity index is 0.00000182. The van der Waals surface area contributed by atoms with Gasteiger partial charge in [-0.1, -0.05) is 48.5 Å². The number of rotatable bonds is 3. The Hall–Kier alpha value is -1.84. The highest BCUT2D eigenvalue weighted by molar-refractivity contribution is 5.94. The normalized spacial score (nSPS) is 25.8. The molecule has 25 heavy (non-hydrogen) atoms. The van der Waals surface area contributed by atoms with Crippen LogP contribution in [0, 0.1) is 5.92 Å². The summed E-state index contributed by atoms with van der Waals surface area (Å²) in [6.07, 6.45) is 3.19. The van der Waals surface area contributed by atoms with Crippen LogP contribution in [-0.2, 0) is 10.2 Å². The van der Waals surface area contributed by atoms with Gasteiger partial charge in [0.2, 0.25) is 0 Å². The lowest BCUT2D eigenvalue weighted by Crippen LogP contribution is -2.41. The number of nitrogens with zero attached hydrogens (tertiary/aromatic N) is 1. The predicted molar refractivity (Wildman–Crippen MR) is 101 cm³/mol. The fourth-order valence-corrected chi connectivity index (χ4v) is 4.39. The number of likely N-dealkylation sites (tertiary alicyclic amines) is 1. The van der Waals surface area contributed by atoms with Crippen LogP contribution in [0.1, 0.15) is 30.4 Å². The lowest BCUT2D eigenvalue weighted by Gasteiger charge is -2.36. The number of halogens is 1. The van der Waals surface area contributed by atoms with E-state index in [0.29, 0.717) is 5.92 Å². The zero-order valence-electron chi connectivity index (χ0n) is 14.5. The molecule has 0 radical (unpaired) electrons. The Kier molecular flexibility index (Phi) is 5.16. The number of fused-ring (bicyclic) bond motifs is 1. The predicted octanol–water partition coefficient (Wildman–Crippen LogP) is 4.05. The number of esters is 1. The quantitative estimate of drug-likeness (QED) is 0.613. The van der Waals surface area contributed by atoms with Crippen molar-refractivity contribution in [3.05, 3.63) is 65.7 Å². The molecule has 2 aromatic rings. The van der Waals surface area contributed by atoms with Crippen LogP contribution < -0.4 is 4.74 Å². The molecule has 2 atom stereocenters. The number of carbonyl (C=O) groups is 1. The highest BCUT2D eigenvalue weighted by Crippen LogP contribution is 2.48. The summed E-state index contributed by atoms with van der Waals surface area (Å²) in [5.74, 6) is 1.10. The molecule has 2 unspecified atom stereocenters. The molecule has 3 nitrogen and oxygen atoms in total. The Morgan fingerprint density at radius 3 is 2.60 bits per heavy atom. The number of hydrogen-bond acceptors (Lipinski definition) is 3. The van der Waals surface area contributed by atoms with Crippen molar-refractivity contribution in [3.63, 3.8) is 0 Å². The molecule has 0 amide bonds. The second-order valence-corrected chi connectivity index (χ2v) is 7.13. The number of benzene rings is 2. The first-order chi connectivity index (χ1) is 11.7. The Bertz CT molecular complexity index is 749. The summed E-state index contributed by atoms with van der Waals surface area (Å²) in [5.41, 5.74) is 1.41. The molecular weight excluding hydrogens is 334 g/mol. The van der Waals surface area contributed by atoms with E-state index in [-0.39, 0.29) is 18.4 Å². The summed E-state index contributed by atoms with van der Waals surface area (Å²) >= 11 is 0. The largest absolute Gasteiger partial charge is 0.425 e. The fourth-order valence-electron chi connectivity index (χ4n) is 4.39. The molecule has 0 N–H and O–H groups in total. The first-order valence-electron chi connectivity index (χ1n) is 8.76. The van der Waals surface area contributed by atoms with Gasteiger partial charge in [-0.15, -0.1) is 12.4 Å². The van der Waals surface area contributed by atoms with Crippen molar-refractivity contribution in [1.82, 2.24) is 4.90 Å². The third-order valence-electron chi connectivity index (χ3n) is 5.48.